The van der Waals surface area contributed by atoms with Crippen molar-refractivity contribution >= 4 is 11.8 Å². The first-order chi connectivity index (χ1) is 3.81. The molecule has 0 saturated carbocycles. The summed E-state index contributed by atoms with van der Waals surface area (Å²) in [5, 5.41) is 0.370. The molecule has 50 valence electrons. The Hall–Kier alpha value is 0.310. The summed E-state index contributed by atoms with van der Waals surface area (Å²) in [4.78, 5) is 0. The predicted molar refractivity (Wildman–Crippen MR) is 41.0 cm³/mol. The van der Waals surface area contributed by atoms with Crippen molar-refractivity contribution in [3.63, 3.8) is 0 Å². The van der Waals surface area contributed by atoms with Gasteiger partial charge in [0.15, 0.2) is 0 Å². The van der Waals surface area contributed by atoms with Gasteiger partial charge in [-0.3, -0.25) is 0 Å². The second kappa shape index (κ2) is 5.45. The van der Waals surface area contributed by atoms with Crippen LogP contribution >= 0.6 is 11.8 Å². The Bertz CT molecular complexity index is 47.8. The molecule has 0 rings (SSSR count). The number of thioether (sulfide) groups is 1. The second-order valence-electron chi connectivity index (χ2n) is 1.82. The minimum absolute atomic E-state index is 0.370. The molecule has 1 nitrogen and oxygen atoms in total. The van der Waals surface area contributed by atoms with Crippen LogP contribution < -0.4 is 5.73 Å². The van der Waals surface area contributed by atoms with Gasteiger partial charge in [0, 0.05) is 0 Å². The molecule has 0 saturated heterocycles. The van der Waals surface area contributed by atoms with Crippen LogP contribution in [0.25, 0.3) is 0 Å². The molecule has 0 aliphatic carbocycles. The first-order valence-corrected chi connectivity index (χ1v) is 4.23. The van der Waals surface area contributed by atoms with Crippen LogP contribution in [0.1, 0.15) is 26.7 Å². The van der Waals surface area contributed by atoms with Gasteiger partial charge in [-0.1, -0.05) is 13.8 Å². The van der Waals surface area contributed by atoms with Crippen molar-refractivity contribution in [2.75, 3.05) is 5.75 Å². The van der Waals surface area contributed by atoms with Crippen molar-refractivity contribution in [3.05, 3.63) is 0 Å². The van der Waals surface area contributed by atoms with Crippen LogP contribution in [0.15, 0.2) is 0 Å². The molecule has 0 unspecified atom stereocenters. The fourth-order valence-electron chi connectivity index (χ4n) is 0.387. The fraction of sp³-hybridized carbons (Fsp3) is 1.00. The minimum atomic E-state index is 0.370. The van der Waals surface area contributed by atoms with Crippen molar-refractivity contribution in [2.45, 2.75) is 32.1 Å². The summed E-state index contributed by atoms with van der Waals surface area (Å²) in [6.45, 7) is 4.29. The zero-order valence-corrected chi connectivity index (χ0v) is 6.50. The maximum atomic E-state index is 5.62. The second-order valence-corrected chi connectivity index (χ2v) is 3.16. The van der Waals surface area contributed by atoms with E-state index in [0.717, 1.165) is 6.42 Å². The summed E-state index contributed by atoms with van der Waals surface area (Å²) in [5.41, 5.74) is 5.62. The molecule has 0 aromatic heterocycles. The van der Waals surface area contributed by atoms with E-state index in [-0.39, 0.29) is 0 Å². The molecule has 0 aliphatic rings. The third kappa shape index (κ3) is 4.47. The molecule has 1 atom stereocenters. The zero-order valence-electron chi connectivity index (χ0n) is 5.68. The summed E-state index contributed by atoms with van der Waals surface area (Å²) < 4.78 is 0. The normalized spacial score (nSPS) is 13.9. The highest BCUT2D eigenvalue weighted by Crippen LogP contribution is 2.08. The zero-order chi connectivity index (χ0) is 6.41. The molecule has 0 bridgehead atoms. The van der Waals surface area contributed by atoms with Crippen LogP contribution in [0.2, 0.25) is 0 Å². The van der Waals surface area contributed by atoms with Gasteiger partial charge in [-0.2, -0.15) is 0 Å². The van der Waals surface area contributed by atoms with Gasteiger partial charge < -0.3 is 5.73 Å². The largest absolute Gasteiger partial charge is 0.319 e. The predicted octanol–water partition coefficient (Wildman–Crippen LogP) is 1.82. The Morgan fingerprint density at radius 2 is 2.12 bits per heavy atom. The van der Waals surface area contributed by atoms with Gasteiger partial charge in [0.05, 0.1) is 5.37 Å². The lowest BCUT2D eigenvalue weighted by Crippen LogP contribution is -2.13. The Labute approximate surface area is 56.0 Å². The van der Waals surface area contributed by atoms with Gasteiger partial charge in [0.2, 0.25) is 0 Å². The van der Waals surface area contributed by atoms with Crippen molar-refractivity contribution in [2.24, 2.45) is 5.73 Å². The number of nitrogens with two attached hydrogens (primary N) is 1. The fourth-order valence-corrected chi connectivity index (χ4v) is 1.16. The third-order valence-corrected chi connectivity index (χ3v) is 2.34. The summed E-state index contributed by atoms with van der Waals surface area (Å²) in [7, 11) is 0. The Morgan fingerprint density at radius 3 is 2.50 bits per heavy atom. The molecular formula is C6H15NS. The lowest BCUT2D eigenvalue weighted by molar-refractivity contribution is 0.866. The summed E-state index contributed by atoms with van der Waals surface area (Å²) >= 11 is 1.85. The first-order valence-electron chi connectivity index (χ1n) is 3.18. The van der Waals surface area contributed by atoms with Gasteiger partial charge in [0.1, 0.15) is 0 Å². The lowest BCUT2D eigenvalue weighted by Gasteiger charge is -2.04. The molecule has 8 heavy (non-hydrogen) atoms. The standard InChI is InChI=1S/C6H15NS/c1-3-5-8-6(7)4-2/h6H,3-5,7H2,1-2H3/t6-/m1/s1. The highest BCUT2D eigenvalue weighted by atomic mass is 32.2. The Morgan fingerprint density at radius 1 is 1.50 bits per heavy atom. The molecule has 0 heterocycles. The van der Waals surface area contributed by atoms with Crippen molar-refractivity contribution < 1.29 is 0 Å². The van der Waals surface area contributed by atoms with Crippen LogP contribution in [0.4, 0.5) is 0 Å². The van der Waals surface area contributed by atoms with Crippen molar-refractivity contribution in [1.29, 1.82) is 0 Å². The molecular weight excluding hydrogens is 118 g/mol. The molecule has 0 fully saturated rings. The van der Waals surface area contributed by atoms with E-state index in [1.807, 2.05) is 11.8 Å². The average molecular weight is 133 g/mol. The average Bonchev–Trinajstić information content (AvgIpc) is 1.83. The first kappa shape index (κ1) is 8.31. The topological polar surface area (TPSA) is 26.0 Å². The van der Waals surface area contributed by atoms with E-state index >= 15 is 0 Å². The van der Waals surface area contributed by atoms with Crippen LogP contribution in [-0.2, 0) is 0 Å². The summed E-state index contributed by atoms with van der Waals surface area (Å²) in [5.74, 6) is 1.20. The number of hydrogen-bond acceptors (Lipinski definition) is 2. The van der Waals surface area contributed by atoms with Crippen molar-refractivity contribution in [1.82, 2.24) is 0 Å². The smallest absolute Gasteiger partial charge is 0.0504 e. The molecule has 0 aliphatic heterocycles. The van der Waals surface area contributed by atoms with Crippen LogP contribution in [0.5, 0.6) is 0 Å². The molecule has 0 aromatic rings. The summed E-state index contributed by atoms with van der Waals surface area (Å²) in [6, 6.07) is 0. The third-order valence-electron chi connectivity index (χ3n) is 0.938. The van der Waals surface area contributed by atoms with E-state index in [4.69, 9.17) is 5.73 Å². The maximum Gasteiger partial charge on any atom is 0.0504 e. The highest BCUT2D eigenvalue weighted by molar-refractivity contribution is 7.99. The van der Waals surface area contributed by atoms with Gasteiger partial charge in [-0.05, 0) is 18.6 Å². The summed E-state index contributed by atoms with van der Waals surface area (Å²) in [6.07, 6.45) is 2.32. The van der Waals surface area contributed by atoms with Gasteiger partial charge >= 0.3 is 0 Å². The Kier molecular flexibility index (Phi) is 5.66. The quantitative estimate of drug-likeness (QED) is 0.592. The molecule has 2 N–H and O–H groups in total. The van der Waals surface area contributed by atoms with Gasteiger partial charge in [0.25, 0.3) is 0 Å². The Balaban J connectivity index is 2.86. The SMILES string of the molecule is CCCS[C@@H](N)CC. The van der Waals surface area contributed by atoms with E-state index in [0.29, 0.717) is 5.37 Å². The van der Waals surface area contributed by atoms with E-state index in [9.17, 15) is 0 Å². The molecule has 2 heteroatoms. The van der Waals surface area contributed by atoms with Crippen LogP contribution in [0.3, 0.4) is 0 Å². The van der Waals surface area contributed by atoms with Crippen molar-refractivity contribution in [3.8, 4) is 0 Å². The van der Waals surface area contributed by atoms with Crippen LogP contribution in [0, 0.1) is 0 Å². The van der Waals surface area contributed by atoms with E-state index in [1.54, 1.807) is 0 Å². The molecule has 0 radical (unpaired) electrons. The minimum Gasteiger partial charge on any atom is -0.319 e. The van der Waals surface area contributed by atoms with E-state index in [1.165, 1.54) is 12.2 Å². The molecule has 0 amide bonds. The van der Waals surface area contributed by atoms with E-state index < -0.39 is 0 Å². The lowest BCUT2D eigenvalue weighted by atomic mass is 10.5. The highest BCUT2D eigenvalue weighted by Gasteiger charge is 1.94. The van der Waals surface area contributed by atoms with Crippen LogP contribution in [-0.4, -0.2) is 11.1 Å². The molecule has 0 aromatic carbocycles. The monoisotopic (exact) mass is 133 g/mol. The van der Waals surface area contributed by atoms with E-state index in [2.05, 4.69) is 13.8 Å². The van der Waals surface area contributed by atoms with Gasteiger partial charge in [-0.25, -0.2) is 0 Å². The number of rotatable bonds is 4. The molecule has 0 spiro atoms. The van der Waals surface area contributed by atoms with Gasteiger partial charge in [-0.15, -0.1) is 11.8 Å². The maximum absolute atomic E-state index is 5.62. The number of hydrogen-bond donors (Lipinski definition) is 1.